The molecule has 0 aliphatic rings. The van der Waals surface area contributed by atoms with Crippen LogP contribution in [0.5, 0.6) is 0 Å². The first kappa shape index (κ1) is 14.2. The molecule has 0 unspecified atom stereocenters. The molecule has 0 fully saturated rings. The molecule has 0 saturated carbocycles. The molecule has 1 aromatic carbocycles. The molecule has 2 N–H and O–H groups in total. The van der Waals surface area contributed by atoms with Crippen molar-refractivity contribution in [1.82, 2.24) is 4.98 Å². The molecule has 0 radical (unpaired) electrons. The summed E-state index contributed by atoms with van der Waals surface area (Å²) in [4.78, 5) is 27.0. The predicted octanol–water partition coefficient (Wildman–Crippen LogP) is 2.72. The minimum absolute atomic E-state index is 0.0223. The summed E-state index contributed by atoms with van der Waals surface area (Å²) in [5.74, 6) is -0.962. The summed E-state index contributed by atoms with van der Waals surface area (Å²) >= 11 is 3.28. The van der Waals surface area contributed by atoms with E-state index in [9.17, 15) is 9.59 Å². The number of anilines is 1. The van der Waals surface area contributed by atoms with Crippen LogP contribution < -0.4 is 5.32 Å². The highest BCUT2D eigenvalue weighted by Crippen LogP contribution is 2.19. The van der Waals surface area contributed by atoms with Gasteiger partial charge >= 0.3 is 5.97 Å². The lowest BCUT2D eigenvalue weighted by Gasteiger charge is -2.08. The molecule has 2 aromatic rings. The average Bonchev–Trinajstić information content (AvgIpc) is 2.41. The highest BCUT2D eigenvalue weighted by atomic mass is 79.9. The van der Waals surface area contributed by atoms with E-state index in [1.807, 2.05) is 0 Å². The van der Waals surface area contributed by atoms with Gasteiger partial charge in [-0.1, -0.05) is 18.2 Å². The zero-order valence-electron chi connectivity index (χ0n) is 10.3. The lowest BCUT2D eigenvalue weighted by molar-refractivity contribution is -0.115. The molecule has 0 spiro atoms. The maximum atomic E-state index is 11.9. The minimum atomic E-state index is -1.05. The Morgan fingerprint density at radius 3 is 2.65 bits per heavy atom. The highest BCUT2D eigenvalue weighted by molar-refractivity contribution is 9.10. The fourth-order valence-corrected chi connectivity index (χ4v) is 2.06. The van der Waals surface area contributed by atoms with Crippen LogP contribution >= 0.6 is 15.9 Å². The Kier molecular flexibility index (Phi) is 4.47. The van der Waals surface area contributed by atoms with Gasteiger partial charge in [0.15, 0.2) is 0 Å². The number of nitrogens with one attached hydrogen (secondary N) is 1. The first-order chi connectivity index (χ1) is 9.58. The summed E-state index contributed by atoms with van der Waals surface area (Å²) in [7, 11) is 0. The molecule has 5 nitrogen and oxygen atoms in total. The van der Waals surface area contributed by atoms with Crippen LogP contribution in [-0.2, 0) is 11.2 Å². The quantitative estimate of drug-likeness (QED) is 0.900. The van der Waals surface area contributed by atoms with Crippen LogP contribution in [0.4, 0.5) is 5.82 Å². The fourth-order valence-electron chi connectivity index (χ4n) is 1.71. The number of carboxylic acids is 1. The van der Waals surface area contributed by atoms with Crippen LogP contribution in [0.25, 0.3) is 0 Å². The number of carbonyl (C=O) groups excluding carboxylic acids is 1. The Bertz CT molecular complexity index is 658. The molecule has 2 rings (SSSR count). The topological polar surface area (TPSA) is 79.3 Å². The lowest BCUT2D eigenvalue weighted by atomic mass is 10.0. The monoisotopic (exact) mass is 334 g/mol. The summed E-state index contributed by atoms with van der Waals surface area (Å²) < 4.78 is 0.667. The number of rotatable bonds is 4. The Morgan fingerprint density at radius 2 is 1.95 bits per heavy atom. The molecule has 1 amide bonds. The number of carboxylic acid groups (broad SMARTS) is 1. The van der Waals surface area contributed by atoms with Gasteiger partial charge in [0.2, 0.25) is 5.91 Å². The number of benzene rings is 1. The number of pyridine rings is 1. The Balaban J connectivity index is 2.13. The van der Waals surface area contributed by atoms with Gasteiger partial charge in [-0.3, -0.25) is 4.79 Å². The number of halogens is 1. The summed E-state index contributed by atoms with van der Waals surface area (Å²) in [5, 5.41) is 11.7. The first-order valence-electron chi connectivity index (χ1n) is 5.79. The third-order valence-electron chi connectivity index (χ3n) is 2.62. The smallest absolute Gasteiger partial charge is 0.335 e. The largest absolute Gasteiger partial charge is 0.478 e. The fraction of sp³-hybridized carbons (Fsp3) is 0.0714. The molecular weight excluding hydrogens is 324 g/mol. The number of carbonyl (C=O) groups is 2. The van der Waals surface area contributed by atoms with Crippen molar-refractivity contribution in [2.24, 2.45) is 0 Å². The summed E-state index contributed by atoms with van der Waals surface area (Å²) in [6.45, 7) is 0. The van der Waals surface area contributed by atoms with Crippen LogP contribution in [0.15, 0.2) is 47.1 Å². The summed E-state index contributed by atoms with van der Waals surface area (Å²) in [6.07, 6.45) is 1.54. The molecule has 0 aliphatic carbocycles. The van der Waals surface area contributed by atoms with E-state index in [0.717, 1.165) is 0 Å². The van der Waals surface area contributed by atoms with Crippen LogP contribution in [0.3, 0.4) is 0 Å². The first-order valence-corrected chi connectivity index (χ1v) is 6.59. The van der Waals surface area contributed by atoms with Gasteiger partial charge in [-0.15, -0.1) is 0 Å². The van der Waals surface area contributed by atoms with Gasteiger partial charge in [-0.05, 0) is 39.7 Å². The number of aromatic nitrogens is 1. The van der Waals surface area contributed by atoms with E-state index in [1.165, 1.54) is 6.07 Å². The molecule has 6 heteroatoms. The molecular formula is C14H11BrN2O3. The highest BCUT2D eigenvalue weighted by Gasteiger charge is 2.13. The van der Waals surface area contributed by atoms with E-state index in [0.29, 0.717) is 15.9 Å². The zero-order valence-corrected chi connectivity index (χ0v) is 11.9. The van der Waals surface area contributed by atoms with E-state index in [2.05, 4.69) is 26.2 Å². The third-order valence-corrected chi connectivity index (χ3v) is 3.25. The van der Waals surface area contributed by atoms with Crippen molar-refractivity contribution < 1.29 is 14.7 Å². The Labute approximate surface area is 123 Å². The van der Waals surface area contributed by atoms with E-state index < -0.39 is 5.97 Å². The summed E-state index contributed by atoms with van der Waals surface area (Å²) in [5.41, 5.74) is 0.590. The Hall–Kier alpha value is -2.21. The van der Waals surface area contributed by atoms with Crippen molar-refractivity contribution in [3.8, 4) is 0 Å². The molecule has 0 saturated heterocycles. The summed E-state index contributed by atoms with van der Waals surface area (Å²) in [6, 6.07) is 9.91. The van der Waals surface area contributed by atoms with Crippen molar-refractivity contribution in [2.75, 3.05) is 5.32 Å². The predicted molar refractivity (Wildman–Crippen MR) is 77.7 cm³/mol. The number of amides is 1. The second-order valence-corrected chi connectivity index (χ2v) is 4.88. The number of aromatic carboxylic acids is 1. The van der Waals surface area contributed by atoms with Gasteiger partial charge < -0.3 is 10.4 Å². The molecule has 0 aliphatic heterocycles. The minimum Gasteiger partial charge on any atom is -0.478 e. The number of nitrogens with zero attached hydrogens (tertiary/aromatic N) is 1. The molecule has 1 heterocycles. The lowest BCUT2D eigenvalue weighted by Crippen LogP contribution is -2.17. The SMILES string of the molecule is O=C(Cc1ccccc1C(=O)O)Nc1ncccc1Br. The van der Waals surface area contributed by atoms with Crippen LogP contribution in [0.1, 0.15) is 15.9 Å². The normalized spacial score (nSPS) is 10.1. The van der Waals surface area contributed by atoms with Gasteiger partial charge in [0.25, 0.3) is 0 Å². The number of hydrogen-bond acceptors (Lipinski definition) is 3. The van der Waals surface area contributed by atoms with Gasteiger partial charge in [-0.25, -0.2) is 9.78 Å². The maximum absolute atomic E-state index is 11.9. The standard InChI is InChI=1S/C14H11BrN2O3/c15-11-6-3-7-16-13(11)17-12(18)8-9-4-1-2-5-10(9)14(19)20/h1-7H,8H2,(H,19,20)(H,16,17,18). The van der Waals surface area contributed by atoms with Crippen molar-refractivity contribution in [3.05, 3.63) is 58.2 Å². The van der Waals surface area contributed by atoms with E-state index >= 15 is 0 Å². The zero-order chi connectivity index (χ0) is 14.5. The molecule has 20 heavy (non-hydrogen) atoms. The van der Waals surface area contributed by atoms with Crippen molar-refractivity contribution in [1.29, 1.82) is 0 Å². The van der Waals surface area contributed by atoms with E-state index in [1.54, 1.807) is 36.5 Å². The van der Waals surface area contributed by atoms with Crippen LogP contribution in [-0.4, -0.2) is 22.0 Å². The van der Waals surface area contributed by atoms with Crippen molar-refractivity contribution in [2.45, 2.75) is 6.42 Å². The third kappa shape index (κ3) is 3.42. The maximum Gasteiger partial charge on any atom is 0.335 e. The van der Waals surface area contributed by atoms with Gasteiger partial charge in [0, 0.05) is 6.20 Å². The van der Waals surface area contributed by atoms with Crippen molar-refractivity contribution in [3.63, 3.8) is 0 Å². The second kappa shape index (κ2) is 6.29. The second-order valence-electron chi connectivity index (χ2n) is 4.02. The molecule has 0 bridgehead atoms. The van der Waals surface area contributed by atoms with Gasteiger partial charge in [0.1, 0.15) is 5.82 Å². The van der Waals surface area contributed by atoms with Gasteiger partial charge in [0.05, 0.1) is 16.5 Å². The molecule has 102 valence electrons. The molecule has 0 atom stereocenters. The Morgan fingerprint density at radius 1 is 1.20 bits per heavy atom. The van der Waals surface area contributed by atoms with E-state index in [4.69, 9.17) is 5.11 Å². The van der Waals surface area contributed by atoms with Crippen LogP contribution in [0, 0.1) is 0 Å². The molecule has 1 aromatic heterocycles. The number of hydrogen-bond donors (Lipinski definition) is 2. The van der Waals surface area contributed by atoms with Crippen LogP contribution in [0.2, 0.25) is 0 Å². The van der Waals surface area contributed by atoms with E-state index in [-0.39, 0.29) is 17.9 Å². The van der Waals surface area contributed by atoms with Gasteiger partial charge in [-0.2, -0.15) is 0 Å². The average molecular weight is 335 g/mol. The van der Waals surface area contributed by atoms with Crippen molar-refractivity contribution >= 4 is 33.6 Å².